The SMILES string of the molecule is CN(CC1CCCC1O)C(=O)C(C)(C)c1cccc(Cl)c1. The van der Waals surface area contributed by atoms with E-state index in [0.717, 1.165) is 24.8 Å². The molecule has 1 amide bonds. The molecular weight excluding hydrogens is 286 g/mol. The van der Waals surface area contributed by atoms with Crippen LogP contribution in [0.3, 0.4) is 0 Å². The van der Waals surface area contributed by atoms with Crippen molar-refractivity contribution in [2.24, 2.45) is 5.92 Å². The van der Waals surface area contributed by atoms with Crippen LogP contribution in [0.1, 0.15) is 38.7 Å². The summed E-state index contributed by atoms with van der Waals surface area (Å²) in [6.07, 6.45) is 2.63. The fraction of sp³-hybridized carbons (Fsp3) is 0.588. The Hall–Kier alpha value is -1.06. The Labute approximate surface area is 131 Å². The molecule has 1 fully saturated rings. The molecule has 0 aliphatic heterocycles. The molecule has 0 spiro atoms. The highest BCUT2D eigenvalue weighted by Gasteiger charge is 2.35. The lowest BCUT2D eigenvalue weighted by molar-refractivity contribution is -0.135. The Morgan fingerprint density at radius 1 is 1.43 bits per heavy atom. The van der Waals surface area contributed by atoms with Gasteiger partial charge in [-0.15, -0.1) is 0 Å². The number of likely N-dealkylation sites (N-methyl/N-ethyl adjacent to an activating group) is 1. The second-order valence-corrected chi connectivity index (χ2v) is 7.02. The highest BCUT2D eigenvalue weighted by atomic mass is 35.5. The molecule has 1 aromatic rings. The molecule has 1 aromatic carbocycles. The van der Waals surface area contributed by atoms with Gasteiger partial charge in [-0.1, -0.05) is 30.2 Å². The van der Waals surface area contributed by atoms with Gasteiger partial charge in [-0.3, -0.25) is 4.79 Å². The number of aliphatic hydroxyl groups excluding tert-OH is 1. The van der Waals surface area contributed by atoms with E-state index in [4.69, 9.17) is 11.6 Å². The molecule has 2 atom stereocenters. The summed E-state index contributed by atoms with van der Waals surface area (Å²) in [6.45, 7) is 4.45. The van der Waals surface area contributed by atoms with Crippen molar-refractivity contribution < 1.29 is 9.90 Å². The topological polar surface area (TPSA) is 40.5 Å². The zero-order chi connectivity index (χ0) is 15.6. The van der Waals surface area contributed by atoms with E-state index in [1.807, 2.05) is 45.2 Å². The Morgan fingerprint density at radius 2 is 2.14 bits per heavy atom. The maximum Gasteiger partial charge on any atom is 0.232 e. The van der Waals surface area contributed by atoms with Crippen molar-refractivity contribution in [2.75, 3.05) is 13.6 Å². The average molecular weight is 310 g/mol. The minimum Gasteiger partial charge on any atom is -0.393 e. The van der Waals surface area contributed by atoms with Crippen LogP contribution in [0.4, 0.5) is 0 Å². The molecule has 0 bridgehead atoms. The quantitative estimate of drug-likeness (QED) is 0.927. The van der Waals surface area contributed by atoms with Gasteiger partial charge in [0, 0.05) is 24.5 Å². The lowest BCUT2D eigenvalue weighted by atomic mass is 9.83. The van der Waals surface area contributed by atoms with Crippen LogP contribution in [0.5, 0.6) is 0 Å². The fourth-order valence-electron chi connectivity index (χ4n) is 3.14. The summed E-state index contributed by atoms with van der Waals surface area (Å²) < 4.78 is 0. The van der Waals surface area contributed by atoms with E-state index in [2.05, 4.69) is 0 Å². The Bertz CT molecular complexity index is 515. The first-order chi connectivity index (χ1) is 9.82. The van der Waals surface area contributed by atoms with E-state index >= 15 is 0 Å². The molecule has 0 aromatic heterocycles. The molecule has 1 N–H and O–H groups in total. The summed E-state index contributed by atoms with van der Waals surface area (Å²) in [6, 6.07) is 7.46. The van der Waals surface area contributed by atoms with E-state index < -0.39 is 5.41 Å². The lowest BCUT2D eigenvalue weighted by Gasteiger charge is -2.32. The minimum absolute atomic E-state index is 0.0591. The molecule has 0 radical (unpaired) electrons. The van der Waals surface area contributed by atoms with Gasteiger partial charge in [0.25, 0.3) is 0 Å². The van der Waals surface area contributed by atoms with Gasteiger partial charge in [0.1, 0.15) is 0 Å². The lowest BCUT2D eigenvalue weighted by Crippen LogP contribution is -2.44. The van der Waals surface area contributed by atoms with Crippen molar-refractivity contribution in [3.63, 3.8) is 0 Å². The van der Waals surface area contributed by atoms with Crippen LogP contribution in [0.15, 0.2) is 24.3 Å². The van der Waals surface area contributed by atoms with Gasteiger partial charge >= 0.3 is 0 Å². The zero-order valence-electron chi connectivity index (χ0n) is 13.0. The Balaban J connectivity index is 2.10. The number of halogens is 1. The molecular formula is C17H24ClNO2. The molecule has 1 aliphatic carbocycles. The van der Waals surface area contributed by atoms with Gasteiger partial charge in [-0.25, -0.2) is 0 Å². The van der Waals surface area contributed by atoms with Crippen molar-refractivity contribution in [1.29, 1.82) is 0 Å². The number of benzene rings is 1. The van der Waals surface area contributed by atoms with Gasteiger partial charge < -0.3 is 10.0 Å². The van der Waals surface area contributed by atoms with E-state index in [9.17, 15) is 9.90 Å². The van der Waals surface area contributed by atoms with Crippen LogP contribution in [0.25, 0.3) is 0 Å². The first-order valence-corrected chi connectivity index (χ1v) is 7.90. The molecule has 116 valence electrons. The predicted molar refractivity (Wildman–Crippen MR) is 85.5 cm³/mol. The van der Waals surface area contributed by atoms with Gasteiger partial charge in [-0.05, 0) is 44.4 Å². The first kappa shape index (κ1) is 16.3. The third kappa shape index (κ3) is 3.58. The standard InChI is InChI=1S/C17H24ClNO2/c1-17(2,13-7-5-8-14(18)10-13)16(21)19(3)11-12-6-4-9-15(12)20/h5,7-8,10,12,15,20H,4,6,9,11H2,1-3H3. The number of amides is 1. The summed E-state index contributed by atoms with van der Waals surface area (Å²) in [5.41, 5.74) is 0.294. The molecule has 0 heterocycles. The minimum atomic E-state index is -0.622. The smallest absolute Gasteiger partial charge is 0.232 e. The maximum atomic E-state index is 12.8. The molecule has 2 rings (SSSR count). The van der Waals surface area contributed by atoms with E-state index in [1.54, 1.807) is 4.90 Å². The van der Waals surface area contributed by atoms with Crippen molar-refractivity contribution in [3.8, 4) is 0 Å². The van der Waals surface area contributed by atoms with Crippen molar-refractivity contribution in [2.45, 2.75) is 44.6 Å². The van der Waals surface area contributed by atoms with Gasteiger partial charge in [0.15, 0.2) is 0 Å². The second-order valence-electron chi connectivity index (χ2n) is 6.58. The van der Waals surface area contributed by atoms with E-state index in [1.165, 1.54) is 0 Å². The van der Waals surface area contributed by atoms with Crippen molar-refractivity contribution in [3.05, 3.63) is 34.9 Å². The monoisotopic (exact) mass is 309 g/mol. The summed E-state index contributed by atoms with van der Waals surface area (Å²) in [5.74, 6) is 0.262. The van der Waals surface area contributed by atoms with Crippen molar-refractivity contribution in [1.82, 2.24) is 4.90 Å². The van der Waals surface area contributed by atoms with Crippen molar-refractivity contribution >= 4 is 17.5 Å². The fourth-order valence-corrected chi connectivity index (χ4v) is 3.33. The normalized spacial score (nSPS) is 22.3. The number of hydrogen-bond acceptors (Lipinski definition) is 2. The molecule has 3 nitrogen and oxygen atoms in total. The maximum absolute atomic E-state index is 12.8. The van der Waals surface area contributed by atoms with Crippen LogP contribution < -0.4 is 0 Å². The highest BCUT2D eigenvalue weighted by Crippen LogP contribution is 2.30. The number of carbonyl (C=O) groups excluding carboxylic acids is 1. The summed E-state index contributed by atoms with van der Waals surface area (Å²) in [4.78, 5) is 14.5. The van der Waals surface area contributed by atoms with Gasteiger partial charge in [0.05, 0.1) is 11.5 Å². The zero-order valence-corrected chi connectivity index (χ0v) is 13.7. The van der Waals surface area contributed by atoms with Crippen LogP contribution in [-0.2, 0) is 10.2 Å². The molecule has 1 aliphatic rings. The molecule has 4 heteroatoms. The summed E-state index contributed by atoms with van der Waals surface area (Å²) >= 11 is 6.03. The third-order valence-electron chi connectivity index (χ3n) is 4.55. The van der Waals surface area contributed by atoms with Gasteiger partial charge in [-0.2, -0.15) is 0 Å². The van der Waals surface area contributed by atoms with Crippen LogP contribution in [-0.4, -0.2) is 35.6 Å². The van der Waals surface area contributed by atoms with Crippen LogP contribution in [0.2, 0.25) is 5.02 Å². The highest BCUT2D eigenvalue weighted by molar-refractivity contribution is 6.30. The number of rotatable bonds is 4. The number of carbonyl (C=O) groups is 1. The first-order valence-electron chi connectivity index (χ1n) is 7.52. The van der Waals surface area contributed by atoms with E-state index in [0.29, 0.717) is 11.6 Å². The number of hydrogen-bond donors (Lipinski definition) is 1. The van der Waals surface area contributed by atoms with Crippen LogP contribution in [0, 0.1) is 5.92 Å². The van der Waals surface area contributed by atoms with E-state index in [-0.39, 0.29) is 17.9 Å². The summed E-state index contributed by atoms with van der Waals surface area (Å²) in [7, 11) is 1.82. The van der Waals surface area contributed by atoms with Gasteiger partial charge in [0.2, 0.25) is 5.91 Å². The second kappa shape index (κ2) is 6.37. The molecule has 1 saturated carbocycles. The average Bonchev–Trinajstić information content (AvgIpc) is 2.83. The summed E-state index contributed by atoms with van der Waals surface area (Å²) in [5, 5.41) is 10.6. The Kier molecular flexibility index (Phi) is 4.95. The number of nitrogens with zero attached hydrogens (tertiary/aromatic N) is 1. The molecule has 21 heavy (non-hydrogen) atoms. The third-order valence-corrected chi connectivity index (χ3v) is 4.79. The number of aliphatic hydroxyl groups is 1. The molecule has 2 unspecified atom stereocenters. The molecule has 0 saturated heterocycles. The van der Waals surface area contributed by atoms with Crippen LogP contribution >= 0.6 is 11.6 Å². The predicted octanol–water partition coefficient (Wildman–Crippen LogP) is 3.24. The Morgan fingerprint density at radius 3 is 2.71 bits per heavy atom. The largest absolute Gasteiger partial charge is 0.393 e.